The predicted octanol–water partition coefficient (Wildman–Crippen LogP) is -0.402. The van der Waals surface area contributed by atoms with Gasteiger partial charge in [0.25, 0.3) is 0 Å². The number of carbonyl (C=O) groups is 2. The normalized spacial score (nSPS) is 15.2. The molecular weight excluding hydrogens is 310 g/mol. The molecular formula is C15H19N7O2. The van der Waals surface area contributed by atoms with Gasteiger partial charge in [-0.3, -0.25) is 4.79 Å². The summed E-state index contributed by atoms with van der Waals surface area (Å²) >= 11 is 0. The van der Waals surface area contributed by atoms with Crippen molar-refractivity contribution in [2.24, 2.45) is 0 Å². The van der Waals surface area contributed by atoms with Crippen molar-refractivity contribution in [1.82, 2.24) is 35.7 Å². The first-order valence-corrected chi connectivity index (χ1v) is 7.81. The fraction of sp³-hybridized carbons (Fsp3) is 0.400. The molecule has 3 rings (SSSR count). The highest BCUT2D eigenvalue weighted by molar-refractivity contribution is 5.80. The van der Waals surface area contributed by atoms with Crippen molar-refractivity contribution in [2.45, 2.75) is 12.5 Å². The molecule has 1 fully saturated rings. The molecule has 126 valence electrons. The number of hydrogen-bond donors (Lipinski definition) is 2. The average Bonchev–Trinajstić information content (AvgIpc) is 3.26. The lowest BCUT2D eigenvalue weighted by Crippen LogP contribution is -2.40. The van der Waals surface area contributed by atoms with E-state index < -0.39 is 6.04 Å². The van der Waals surface area contributed by atoms with E-state index in [2.05, 4.69) is 26.2 Å². The van der Waals surface area contributed by atoms with E-state index in [1.165, 1.54) is 11.0 Å². The van der Waals surface area contributed by atoms with Crippen LogP contribution in [-0.2, 0) is 11.2 Å². The Balaban J connectivity index is 1.60. The highest BCUT2D eigenvalue weighted by Crippen LogP contribution is 2.13. The van der Waals surface area contributed by atoms with Crippen molar-refractivity contribution in [1.29, 1.82) is 0 Å². The van der Waals surface area contributed by atoms with E-state index in [1.807, 2.05) is 30.3 Å². The van der Waals surface area contributed by atoms with Crippen molar-refractivity contribution in [3.05, 3.63) is 42.2 Å². The molecule has 1 aliphatic rings. The van der Waals surface area contributed by atoms with Gasteiger partial charge in [-0.2, -0.15) is 0 Å². The van der Waals surface area contributed by atoms with Crippen LogP contribution in [0.15, 0.2) is 36.7 Å². The van der Waals surface area contributed by atoms with E-state index in [0.29, 0.717) is 32.6 Å². The van der Waals surface area contributed by atoms with E-state index in [1.54, 1.807) is 4.90 Å². The van der Waals surface area contributed by atoms with Crippen LogP contribution in [0.1, 0.15) is 11.6 Å². The maximum Gasteiger partial charge on any atom is 0.317 e. The van der Waals surface area contributed by atoms with Crippen LogP contribution >= 0.6 is 0 Å². The van der Waals surface area contributed by atoms with Gasteiger partial charge >= 0.3 is 6.03 Å². The fourth-order valence-electron chi connectivity index (χ4n) is 2.61. The SMILES string of the molecule is O=C(NCCN1CCNC1=O)C(Cc1ccccc1)n1cnnn1. The molecule has 0 saturated carbocycles. The van der Waals surface area contributed by atoms with Crippen LogP contribution in [0.4, 0.5) is 4.79 Å². The van der Waals surface area contributed by atoms with Crippen LogP contribution in [-0.4, -0.2) is 63.2 Å². The first-order valence-electron chi connectivity index (χ1n) is 7.81. The van der Waals surface area contributed by atoms with E-state index in [0.717, 1.165) is 5.56 Å². The zero-order valence-corrected chi connectivity index (χ0v) is 13.1. The molecule has 2 heterocycles. The Morgan fingerprint density at radius 1 is 1.33 bits per heavy atom. The standard InChI is InChI=1S/C15H19N7O2/c23-14(16-6-8-21-9-7-17-15(21)24)13(22-11-18-19-20-22)10-12-4-2-1-3-5-12/h1-5,11,13H,6-10H2,(H,16,23)(H,17,24). The van der Waals surface area contributed by atoms with E-state index in [9.17, 15) is 9.59 Å². The summed E-state index contributed by atoms with van der Waals surface area (Å²) in [5, 5.41) is 16.7. The van der Waals surface area contributed by atoms with Gasteiger partial charge < -0.3 is 15.5 Å². The second-order valence-electron chi connectivity index (χ2n) is 5.51. The Kier molecular flexibility index (Phi) is 4.99. The molecule has 24 heavy (non-hydrogen) atoms. The van der Waals surface area contributed by atoms with Gasteiger partial charge in [0.15, 0.2) is 0 Å². The van der Waals surface area contributed by atoms with Gasteiger partial charge in [-0.1, -0.05) is 30.3 Å². The quantitative estimate of drug-likeness (QED) is 0.719. The average molecular weight is 329 g/mol. The molecule has 1 atom stereocenters. The van der Waals surface area contributed by atoms with Crippen LogP contribution in [0.2, 0.25) is 0 Å². The summed E-state index contributed by atoms with van der Waals surface area (Å²) in [6.45, 7) is 2.17. The van der Waals surface area contributed by atoms with Crippen molar-refractivity contribution >= 4 is 11.9 Å². The lowest BCUT2D eigenvalue weighted by Gasteiger charge is -2.18. The third-order valence-electron chi connectivity index (χ3n) is 3.88. The summed E-state index contributed by atoms with van der Waals surface area (Å²) in [6, 6.07) is 9.07. The number of hydrogen-bond acceptors (Lipinski definition) is 5. The van der Waals surface area contributed by atoms with E-state index >= 15 is 0 Å². The molecule has 0 radical (unpaired) electrons. The maximum atomic E-state index is 12.6. The maximum absolute atomic E-state index is 12.6. The summed E-state index contributed by atoms with van der Waals surface area (Å²) in [6.07, 6.45) is 1.92. The Morgan fingerprint density at radius 2 is 2.17 bits per heavy atom. The van der Waals surface area contributed by atoms with Gasteiger partial charge in [-0.15, -0.1) is 5.10 Å². The molecule has 2 aromatic rings. The minimum atomic E-state index is -0.533. The highest BCUT2D eigenvalue weighted by Gasteiger charge is 2.23. The zero-order chi connectivity index (χ0) is 16.8. The monoisotopic (exact) mass is 329 g/mol. The number of tetrazole rings is 1. The van der Waals surface area contributed by atoms with Crippen molar-refractivity contribution < 1.29 is 9.59 Å². The van der Waals surface area contributed by atoms with Crippen molar-refractivity contribution in [2.75, 3.05) is 26.2 Å². The second-order valence-corrected chi connectivity index (χ2v) is 5.51. The minimum absolute atomic E-state index is 0.0921. The van der Waals surface area contributed by atoms with Crippen LogP contribution in [0, 0.1) is 0 Å². The molecule has 1 saturated heterocycles. The van der Waals surface area contributed by atoms with Gasteiger partial charge in [0.2, 0.25) is 5.91 Å². The van der Waals surface area contributed by atoms with Crippen LogP contribution in [0.25, 0.3) is 0 Å². The molecule has 1 aliphatic heterocycles. The zero-order valence-electron chi connectivity index (χ0n) is 13.1. The van der Waals surface area contributed by atoms with Crippen LogP contribution in [0.5, 0.6) is 0 Å². The number of aromatic nitrogens is 4. The Hall–Kier alpha value is -2.97. The summed E-state index contributed by atoms with van der Waals surface area (Å²) in [4.78, 5) is 25.7. The molecule has 2 N–H and O–H groups in total. The summed E-state index contributed by atoms with van der Waals surface area (Å²) in [5.41, 5.74) is 1.02. The van der Waals surface area contributed by atoms with Gasteiger partial charge in [0.1, 0.15) is 12.4 Å². The van der Waals surface area contributed by atoms with Gasteiger partial charge in [-0.05, 0) is 16.0 Å². The summed E-state index contributed by atoms with van der Waals surface area (Å²) in [7, 11) is 0. The molecule has 3 amide bonds. The first kappa shape index (κ1) is 15.9. The number of urea groups is 1. The molecule has 1 aromatic heterocycles. The molecule has 1 unspecified atom stereocenters. The fourth-order valence-corrected chi connectivity index (χ4v) is 2.61. The largest absolute Gasteiger partial charge is 0.352 e. The van der Waals surface area contributed by atoms with E-state index in [4.69, 9.17) is 0 Å². The first-order chi connectivity index (χ1) is 11.7. The molecule has 9 heteroatoms. The number of rotatable bonds is 7. The number of nitrogens with one attached hydrogen (secondary N) is 2. The lowest BCUT2D eigenvalue weighted by molar-refractivity contribution is -0.124. The van der Waals surface area contributed by atoms with Crippen molar-refractivity contribution in [3.63, 3.8) is 0 Å². The Bertz CT molecular complexity index is 674. The van der Waals surface area contributed by atoms with E-state index in [-0.39, 0.29) is 11.9 Å². The number of nitrogens with zero attached hydrogens (tertiary/aromatic N) is 5. The van der Waals surface area contributed by atoms with Gasteiger partial charge in [0.05, 0.1) is 0 Å². The lowest BCUT2D eigenvalue weighted by atomic mass is 10.1. The Labute approximate surface area is 139 Å². The number of benzene rings is 1. The van der Waals surface area contributed by atoms with Crippen molar-refractivity contribution in [3.8, 4) is 0 Å². The van der Waals surface area contributed by atoms with Crippen LogP contribution in [0.3, 0.4) is 0 Å². The van der Waals surface area contributed by atoms with Crippen LogP contribution < -0.4 is 10.6 Å². The highest BCUT2D eigenvalue weighted by atomic mass is 16.2. The number of carbonyl (C=O) groups excluding carboxylic acids is 2. The second kappa shape index (κ2) is 7.53. The predicted molar refractivity (Wildman–Crippen MR) is 85.0 cm³/mol. The summed E-state index contributed by atoms with van der Waals surface area (Å²) in [5.74, 6) is -0.175. The third kappa shape index (κ3) is 3.86. The van der Waals surface area contributed by atoms with Gasteiger partial charge in [-0.25, -0.2) is 9.48 Å². The molecule has 0 aliphatic carbocycles. The minimum Gasteiger partial charge on any atom is -0.352 e. The van der Waals surface area contributed by atoms with Gasteiger partial charge in [0, 0.05) is 32.6 Å². The number of amides is 3. The third-order valence-corrected chi connectivity index (χ3v) is 3.88. The molecule has 9 nitrogen and oxygen atoms in total. The molecule has 1 aromatic carbocycles. The molecule has 0 bridgehead atoms. The summed E-state index contributed by atoms with van der Waals surface area (Å²) < 4.78 is 1.45. The molecule has 0 spiro atoms. The topological polar surface area (TPSA) is 105 Å². The Morgan fingerprint density at radius 3 is 2.83 bits per heavy atom. The smallest absolute Gasteiger partial charge is 0.317 e.